The second-order valence-corrected chi connectivity index (χ2v) is 5.94. The third-order valence-corrected chi connectivity index (χ3v) is 4.41. The van der Waals surface area contributed by atoms with Gasteiger partial charge < -0.3 is 10.6 Å². The standard InChI is InChI=1S/C16H20N4O2/c21-15(20-9-13-8-11-1-2-12(13)7-11)3-4-19-16(22)14-10-17-5-6-18-14/h1-2,5-6,10-13H,3-4,7-9H2,(H,19,22)(H,20,21)/t11-,12+,13-/m1/s1. The van der Waals surface area contributed by atoms with Crippen molar-refractivity contribution in [2.24, 2.45) is 17.8 Å². The van der Waals surface area contributed by atoms with Crippen molar-refractivity contribution in [1.82, 2.24) is 20.6 Å². The zero-order valence-corrected chi connectivity index (χ0v) is 12.4. The molecule has 1 aromatic heterocycles. The van der Waals surface area contributed by atoms with Gasteiger partial charge in [0, 0.05) is 31.9 Å². The summed E-state index contributed by atoms with van der Waals surface area (Å²) in [6.07, 6.45) is 11.7. The molecule has 1 aromatic rings. The predicted molar refractivity (Wildman–Crippen MR) is 80.8 cm³/mol. The Morgan fingerprint density at radius 3 is 2.77 bits per heavy atom. The molecule has 2 aliphatic carbocycles. The summed E-state index contributed by atoms with van der Waals surface area (Å²) >= 11 is 0. The van der Waals surface area contributed by atoms with Crippen LogP contribution < -0.4 is 10.6 Å². The first-order chi connectivity index (χ1) is 10.7. The van der Waals surface area contributed by atoms with Crippen molar-refractivity contribution in [1.29, 1.82) is 0 Å². The van der Waals surface area contributed by atoms with Gasteiger partial charge in [0.1, 0.15) is 5.69 Å². The molecule has 3 atom stereocenters. The Labute approximate surface area is 129 Å². The van der Waals surface area contributed by atoms with Gasteiger partial charge in [-0.25, -0.2) is 4.98 Å². The molecule has 0 saturated heterocycles. The van der Waals surface area contributed by atoms with Crippen LogP contribution in [0.3, 0.4) is 0 Å². The number of allylic oxidation sites excluding steroid dienone is 2. The Kier molecular flexibility index (Phi) is 4.46. The van der Waals surface area contributed by atoms with Gasteiger partial charge in [0.25, 0.3) is 5.91 Å². The highest BCUT2D eigenvalue weighted by Crippen LogP contribution is 2.42. The zero-order chi connectivity index (χ0) is 15.4. The fraction of sp³-hybridized carbons (Fsp3) is 0.500. The average molecular weight is 300 g/mol. The minimum atomic E-state index is -0.306. The Morgan fingerprint density at radius 2 is 2.09 bits per heavy atom. The van der Waals surface area contributed by atoms with Gasteiger partial charge in [0.2, 0.25) is 5.91 Å². The Balaban J connectivity index is 1.33. The molecule has 2 bridgehead atoms. The molecule has 0 aliphatic heterocycles. The van der Waals surface area contributed by atoms with Crippen LogP contribution in [0.1, 0.15) is 29.8 Å². The lowest BCUT2D eigenvalue weighted by Crippen LogP contribution is -2.34. The van der Waals surface area contributed by atoms with E-state index >= 15 is 0 Å². The number of nitrogens with one attached hydrogen (secondary N) is 2. The third kappa shape index (κ3) is 3.50. The van der Waals surface area contributed by atoms with Crippen molar-refractivity contribution in [3.05, 3.63) is 36.4 Å². The highest BCUT2D eigenvalue weighted by atomic mass is 16.2. The van der Waals surface area contributed by atoms with Crippen LogP contribution in [-0.2, 0) is 4.79 Å². The first-order valence-corrected chi connectivity index (χ1v) is 7.71. The van der Waals surface area contributed by atoms with Gasteiger partial charge in [0.15, 0.2) is 0 Å². The molecule has 1 fully saturated rings. The van der Waals surface area contributed by atoms with Crippen LogP contribution in [-0.4, -0.2) is 34.9 Å². The summed E-state index contributed by atoms with van der Waals surface area (Å²) in [6.45, 7) is 1.04. The average Bonchev–Trinajstić information content (AvgIpc) is 3.16. The predicted octanol–water partition coefficient (Wildman–Crippen LogP) is 0.925. The van der Waals surface area contributed by atoms with E-state index in [9.17, 15) is 9.59 Å². The maximum absolute atomic E-state index is 11.8. The normalized spacial score (nSPS) is 25.2. The lowest BCUT2D eigenvalue weighted by atomic mass is 9.93. The van der Waals surface area contributed by atoms with E-state index in [1.165, 1.54) is 31.4 Å². The Bertz CT molecular complexity index is 573. The van der Waals surface area contributed by atoms with Crippen LogP contribution in [0.5, 0.6) is 0 Å². The van der Waals surface area contributed by atoms with Crippen LogP contribution >= 0.6 is 0 Å². The molecule has 2 aliphatic rings. The zero-order valence-electron chi connectivity index (χ0n) is 12.4. The molecule has 1 saturated carbocycles. The van der Waals surface area contributed by atoms with Crippen LogP contribution in [0.4, 0.5) is 0 Å². The lowest BCUT2D eigenvalue weighted by Gasteiger charge is -2.18. The van der Waals surface area contributed by atoms with E-state index in [1.807, 2.05) is 0 Å². The minimum Gasteiger partial charge on any atom is -0.356 e. The molecule has 6 nitrogen and oxygen atoms in total. The monoisotopic (exact) mass is 300 g/mol. The first kappa shape index (κ1) is 14.7. The molecule has 0 unspecified atom stereocenters. The molecule has 0 aromatic carbocycles. The number of hydrogen-bond donors (Lipinski definition) is 2. The molecule has 116 valence electrons. The summed E-state index contributed by atoms with van der Waals surface area (Å²) in [7, 11) is 0. The number of fused-ring (bicyclic) bond motifs is 2. The highest BCUT2D eigenvalue weighted by molar-refractivity contribution is 5.92. The van der Waals surface area contributed by atoms with E-state index in [1.54, 1.807) is 0 Å². The maximum atomic E-state index is 11.8. The second-order valence-electron chi connectivity index (χ2n) is 5.94. The molecule has 1 heterocycles. The second kappa shape index (κ2) is 6.68. The summed E-state index contributed by atoms with van der Waals surface area (Å²) in [5.41, 5.74) is 0.261. The van der Waals surface area contributed by atoms with E-state index in [-0.39, 0.29) is 23.9 Å². The van der Waals surface area contributed by atoms with E-state index in [4.69, 9.17) is 0 Å². The molecule has 3 rings (SSSR count). The van der Waals surface area contributed by atoms with Gasteiger partial charge in [-0.1, -0.05) is 12.2 Å². The van der Waals surface area contributed by atoms with Crippen molar-refractivity contribution < 1.29 is 9.59 Å². The summed E-state index contributed by atoms with van der Waals surface area (Å²) < 4.78 is 0. The summed E-state index contributed by atoms with van der Waals surface area (Å²) in [5, 5.41) is 5.64. The topological polar surface area (TPSA) is 84.0 Å². The number of nitrogens with zero attached hydrogens (tertiary/aromatic N) is 2. The van der Waals surface area contributed by atoms with Gasteiger partial charge in [0.05, 0.1) is 6.20 Å². The molecule has 6 heteroatoms. The summed E-state index contributed by atoms with van der Waals surface area (Å²) in [6, 6.07) is 0. The molecule has 2 amide bonds. The van der Waals surface area contributed by atoms with Gasteiger partial charge >= 0.3 is 0 Å². The van der Waals surface area contributed by atoms with Gasteiger partial charge in [-0.3, -0.25) is 14.6 Å². The fourth-order valence-electron chi connectivity index (χ4n) is 3.26. The fourth-order valence-corrected chi connectivity index (χ4v) is 3.26. The number of carbonyl (C=O) groups is 2. The van der Waals surface area contributed by atoms with Gasteiger partial charge in [-0.2, -0.15) is 0 Å². The Hall–Kier alpha value is -2.24. The van der Waals surface area contributed by atoms with Crippen LogP contribution in [0, 0.1) is 17.8 Å². The van der Waals surface area contributed by atoms with Crippen molar-refractivity contribution in [3.63, 3.8) is 0 Å². The number of hydrogen-bond acceptors (Lipinski definition) is 4. The van der Waals surface area contributed by atoms with Crippen molar-refractivity contribution in [3.8, 4) is 0 Å². The smallest absolute Gasteiger partial charge is 0.271 e. The SMILES string of the molecule is O=C(CCNC(=O)c1cnccn1)NC[C@H]1C[C@@H]2C=C[C@H]1C2. The molecular weight excluding hydrogens is 280 g/mol. The minimum absolute atomic E-state index is 0.0220. The third-order valence-electron chi connectivity index (χ3n) is 4.41. The lowest BCUT2D eigenvalue weighted by molar-refractivity contribution is -0.121. The van der Waals surface area contributed by atoms with E-state index in [0.29, 0.717) is 18.4 Å². The maximum Gasteiger partial charge on any atom is 0.271 e. The molecule has 0 spiro atoms. The van der Waals surface area contributed by atoms with E-state index < -0.39 is 0 Å². The quantitative estimate of drug-likeness (QED) is 0.765. The first-order valence-electron chi connectivity index (χ1n) is 7.71. The molecule has 0 radical (unpaired) electrons. The molecule has 2 N–H and O–H groups in total. The van der Waals surface area contributed by atoms with Gasteiger partial charge in [-0.05, 0) is 30.6 Å². The van der Waals surface area contributed by atoms with Crippen LogP contribution in [0.15, 0.2) is 30.7 Å². The van der Waals surface area contributed by atoms with Crippen LogP contribution in [0.25, 0.3) is 0 Å². The summed E-state index contributed by atoms with van der Waals surface area (Å²) in [4.78, 5) is 31.3. The number of rotatable bonds is 6. The largest absolute Gasteiger partial charge is 0.356 e. The van der Waals surface area contributed by atoms with E-state index in [0.717, 1.165) is 12.5 Å². The number of aromatic nitrogens is 2. The molecule has 22 heavy (non-hydrogen) atoms. The van der Waals surface area contributed by atoms with Crippen molar-refractivity contribution in [2.75, 3.05) is 13.1 Å². The Morgan fingerprint density at radius 1 is 1.18 bits per heavy atom. The number of amides is 2. The number of carbonyl (C=O) groups excluding carboxylic acids is 2. The molecular formula is C16H20N4O2. The van der Waals surface area contributed by atoms with Crippen molar-refractivity contribution >= 4 is 11.8 Å². The van der Waals surface area contributed by atoms with Crippen LogP contribution in [0.2, 0.25) is 0 Å². The van der Waals surface area contributed by atoms with E-state index in [2.05, 4.69) is 32.8 Å². The highest BCUT2D eigenvalue weighted by Gasteiger charge is 2.35. The summed E-state index contributed by atoms with van der Waals surface area (Å²) in [5.74, 6) is 1.61. The van der Waals surface area contributed by atoms with Crippen molar-refractivity contribution in [2.45, 2.75) is 19.3 Å². The van der Waals surface area contributed by atoms with Gasteiger partial charge in [-0.15, -0.1) is 0 Å².